The van der Waals surface area contributed by atoms with Crippen LogP contribution in [-0.2, 0) is 0 Å². The molecule has 2 heterocycles. The average molecular weight is 762 g/mol. The van der Waals surface area contributed by atoms with Gasteiger partial charge >= 0.3 is 0 Å². The highest BCUT2D eigenvalue weighted by atomic mass is 16.5. The van der Waals surface area contributed by atoms with Crippen LogP contribution in [0.1, 0.15) is 47.4 Å². The molecule has 0 fully saturated rings. The zero-order valence-electron chi connectivity index (χ0n) is 32.8. The van der Waals surface area contributed by atoms with E-state index in [1.807, 2.05) is 0 Å². The molecule has 4 nitrogen and oxygen atoms in total. The molecule has 0 saturated heterocycles. The van der Waals surface area contributed by atoms with Crippen LogP contribution < -0.4 is 14.5 Å². The molecule has 0 saturated carbocycles. The first-order valence-electron chi connectivity index (χ1n) is 20.6. The van der Waals surface area contributed by atoms with E-state index in [0.29, 0.717) is 0 Å². The van der Waals surface area contributed by atoms with E-state index in [-0.39, 0.29) is 24.0 Å². The maximum absolute atomic E-state index is 6.89. The highest BCUT2D eigenvalue weighted by Gasteiger charge is 2.41. The SMILES string of the molecule is CC1C=C(c2ccc(N(c3ccccc3)c3ccccc3)cc2)C=CC1n1c2c(c3cc(N(c4ccccc4)c4ccccc4)ccc31)C1Oc3ccccc3C1C=C2. The van der Waals surface area contributed by atoms with Gasteiger partial charge in [0.1, 0.15) is 11.9 Å². The van der Waals surface area contributed by atoms with E-state index in [1.165, 1.54) is 38.9 Å². The van der Waals surface area contributed by atoms with Gasteiger partial charge in [-0.1, -0.05) is 134 Å². The van der Waals surface area contributed by atoms with Crippen molar-refractivity contribution in [3.8, 4) is 5.75 Å². The zero-order chi connectivity index (χ0) is 39.3. The first kappa shape index (κ1) is 34.9. The molecule has 2 aliphatic carbocycles. The van der Waals surface area contributed by atoms with Crippen LogP contribution in [0.3, 0.4) is 0 Å². The van der Waals surface area contributed by atoms with Gasteiger partial charge in [-0.15, -0.1) is 0 Å². The monoisotopic (exact) mass is 761 g/mol. The number of hydrogen-bond acceptors (Lipinski definition) is 3. The lowest BCUT2D eigenvalue weighted by Crippen LogP contribution is -2.20. The number of hydrogen-bond donors (Lipinski definition) is 0. The van der Waals surface area contributed by atoms with Crippen molar-refractivity contribution < 1.29 is 4.74 Å². The molecule has 0 N–H and O–H groups in total. The Morgan fingerprint density at radius 2 is 1.03 bits per heavy atom. The van der Waals surface area contributed by atoms with E-state index < -0.39 is 0 Å². The quantitative estimate of drug-likeness (QED) is 0.154. The molecule has 4 atom stereocenters. The molecule has 7 aromatic carbocycles. The average Bonchev–Trinajstić information content (AvgIpc) is 3.84. The van der Waals surface area contributed by atoms with Crippen molar-refractivity contribution in [1.82, 2.24) is 4.57 Å². The summed E-state index contributed by atoms with van der Waals surface area (Å²) in [5.41, 5.74) is 14.2. The summed E-state index contributed by atoms with van der Waals surface area (Å²) in [6.45, 7) is 2.35. The van der Waals surface area contributed by atoms with Crippen LogP contribution in [0.15, 0.2) is 212 Å². The highest BCUT2D eigenvalue weighted by Crippen LogP contribution is 2.54. The van der Waals surface area contributed by atoms with Gasteiger partial charge in [-0.25, -0.2) is 0 Å². The van der Waals surface area contributed by atoms with Gasteiger partial charge in [-0.05, 0) is 108 Å². The van der Waals surface area contributed by atoms with Crippen molar-refractivity contribution in [2.75, 3.05) is 9.80 Å². The van der Waals surface area contributed by atoms with E-state index in [4.69, 9.17) is 4.74 Å². The lowest BCUT2D eigenvalue weighted by atomic mass is 9.85. The van der Waals surface area contributed by atoms with Gasteiger partial charge in [-0.2, -0.15) is 0 Å². The van der Waals surface area contributed by atoms with E-state index in [0.717, 1.165) is 39.9 Å². The molecule has 0 amide bonds. The maximum Gasteiger partial charge on any atom is 0.137 e. The van der Waals surface area contributed by atoms with Gasteiger partial charge in [0.15, 0.2) is 0 Å². The first-order valence-corrected chi connectivity index (χ1v) is 20.6. The predicted molar refractivity (Wildman–Crippen MR) is 245 cm³/mol. The number of benzene rings is 7. The van der Waals surface area contributed by atoms with Crippen LogP contribution in [0, 0.1) is 5.92 Å². The van der Waals surface area contributed by atoms with Crippen molar-refractivity contribution in [3.63, 3.8) is 0 Å². The third-order valence-electron chi connectivity index (χ3n) is 12.2. The molecule has 4 unspecified atom stereocenters. The Morgan fingerprint density at radius 1 is 0.508 bits per heavy atom. The summed E-state index contributed by atoms with van der Waals surface area (Å²) in [5, 5.41) is 1.23. The Kier molecular flexibility index (Phi) is 8.62. The zero-order valence-corrected chi connectivity index (χ0v) is 32.8. The smallest absolute Gasteiger partial charge is 0.137 e. The van der Waals surface area contributed by atoms with E-state index in [1.54, 1.807) is 0 Å². The minimum Gasteiger partial charge on any atom is -0.484 e. The predicted octanol–water partition coefficient (Wildman–Crippen LogP) is 14.7. The number of para-hydroxylation sites is 5. The van der Waals surface area contributed by atoms with Crippen molar-refractivity contribution >= 4 is 56.7 Å². The molecule has 0 bridgehead atoms. The van der Waals surface area contributed by atoms with E-state index in [2.05, 4.69) is 240 Å². The molecule has 4 heteroatoms. The Bertz CT molecular complexity index is 2800. The Labute approximate surface area is 345 Å². The van der Waals surface area contributed by atoms with Crippen LogP contribution in [-0.4, -0.2) is 4.57 Å². The summed E-state index contributed by atoms with van der Waals surface area (Å²) in [7, 11) is 0. The number of ether oxygens (including phenoxy) is 1. The van der Waals surface area contributed by atoms with Gasteiger partial charge in [0.2, 0.25) is 0 Å². The van der Waals surface area contributed by atoms with Gasteiger partial charge in [-0.3, -0.25) is 0 Å². The third-order valence-corrected chi connectivity index (χ3v) is 12.2. The molecule has 59 heavy (non-hydrogen) atoms. The molecule has 3 aliphatic rings. The number of allylic oxidation sites excluding steroid dienone is 4. The van der Waals surface area contributed by atoms with E-state index in [9.17, 15) is 0 Å². The number of fused-ring (bicyclic) bond motifs is 7. The maximum atomic E-state index is 6.89. The summed E-state index contributed by atoms with van der Waals surface area (Å²) >= 11 is 0. The van der Waals surface area contributed by atoms with Crippen LogP contribution in [0.4, 0.5) is 34.1 Å². The van der Waals surface area contributed by atoms with Gasteiger partial charge in [0.25, 0.3) is 0 Å². The molecule has 8 aromatic rings. The molecule has 1 aliphatic heterocycles. The minimum atomic E-state index is -0.105. The van der Waals surface area contributed by atoms with Gasteiger partial charge < -0.3 is 19.1 Å². The standard InChI is InChI=1S/C55H43N3O/c1-38-36-40(39-26-29-45(30-27-39)56(41-16-6-2-7-17-41)42-18-8-3-9-19-42)28-33-50(38)58-51-34-31-46(57(43-20-10-4-11-21-43)44-22-12-5-13-23-44)37-49(51)54-52(58)35-32-48-47-24-14-15-25-53(47)59-55(48)54/h2-38,48,50,55H,1H3. The molecular formula is C55H43N3O. The molecule has 1 aromatic heterocycles. The fraction of sp³-hybridized carbons (Fsp3) is 0.0909. The summed E-state index contributed by atoms with van der Waals surface area (Å²) < 4.78 is 9.46. The Morgan fingerprint density at radius 3 is 1.63 bits per heavy atom. The summed E-state index contributed by atoms with van der Waals surface area (Å²) in [6.07, 6.45) is 11.8. The molecule has 0 radical (unpaired) electrons. The first-order chi connectivity index (χ1) is 29.2. The number of anilines is 6. The van der Waals surface area contributed by atoms with Crippen molar-refractivity contribution in [3.05, 3.63) is 235 Å². The van der Waals surface area contributed by atoms with Gasteiger partial charge in [0, 0.05) is 67.8 Å². The van der Waals surface area contributed by atoms with Crippen LogP contribution in [0.25, 0.3) is 22.6 Å². The summed E-state index contributed by atoms with van der Waals surface area (Å²) in [6, 6.07) is 67.1. The minimum absolute atomic E-state index is 0.105. The second kappa shape index (κ2) is 14.6. The Balaban J connectivity index is 0.982. The van der Waals surface area contributed by atoms with Gasteiger partial charge in [0.05, 0.1) is 6.04 Å². The number of aromatic nitrogens is 1. The number of rotatable bonds is 8. The van der Waals surface area contributed by atoms with E-state index >= 15 is 0 Å². The van der Waals surface area contributed by atoms with Crippen LogP contribution >= 0.6 is 0 Å². The highest BCUT2D eigenvalue weighted by molar-refractivity contribution is 5.95. The lowest BCUT2D eigenvalue weighted by Gasteiger charge is -2.29. The summed E-state index contributed by atoms with van der Waals surface area (Å²) in [4.78, 5) is 4.66. The second-order valence-electron chi connectivity index (χ2n) is 15.7. The Hall–Kier alpha value is -7.30. The number of nitrogens with zero attached hydrogens (tertiary/aromatic N) is 3. The molecule has 284 valence electrons. The van der Waals surface area contributed by atoms with Crippen molar-refractivity contribution in [2.45, 2.75) is 25.0 Å². The summed E-state index contributed by atoms with van der Waals surface area (Å²) in [5.74, 6) is 1.37. The molecule has 11 rings (SSSR count). The van der Waals surface area contributed by atoms with Crippen molar-refractivity contribution in [2.24, 2.45) is 5.92 Å². The fourth-order valence-electron chi connectivity index (χ4n) is 9.49. The van der Waals surface area contributed by atoms with Crippen LogP contribution in [0.5, 0.6) is 5.75 Å². The topological polar surface area (TPSA) is 20.6 Å². The second-order valence-corrected chi connectivity index (χ2v) is 15.7. The third kappa shape index (κ3) is 6.07. The normalized spacial score (nSPS) is 18.7. The molecular weight excluding hydrogens is 719 g/mol. The van der Waals surface area contributed by atoms with Crippen molar-refractivity contribution in [1.29, 1.82) is 0 Å². The largest absolute Gasteiger partial charge is 0.484 e. The molecule has 0 spiro atoms. The fourth-order valence-corrected chi connectivity index (χ4v) is 9.49. The lowest BCUT2D eigenvalue weighted by molar-refractivity contribution is 0.224. The van der Waals surface area contributed by atoms with Crippen LogP contribution in [0.2, 0.25) is 0 Å².